The average Bonchev–Trinajstić information content (AvgIpc) is 3.54. The third-order valence-corrected chi connectivity index (χ3v) is 5.85. The average molecular weight is 444 g/mol. The molecule has 0 radical (unpaired) electrons. The van der Waals surface area contributed by atoms with E-state index in [4.69, 9.17) is 9.15 Å². The molecule has 5 rings (SSSR count). The fraction of sp³-hybridized carbons (Fsp3) is 0.240. The van der Waals surface area contributed by atoms with Crippen molar-refractivity contribution >= 4 is 11.6 Å². The van der Waals surface area contributed by atoms with E-state index in [9.17, 15) is 4.79 Å². The summed E-state index contributed by atoms with van der Waals surface area (Å²) >= 11 is 0. The maximum absolute atomic E-state index is 13.0. The Bertz CT molecular complexity index is 1230. The second kappa shape index (κ2) is 9.20. The predicted octanol–water partition coefficient (Wildman–Crippen LogP) is 3.56. The number of carbonyl (C=O) groups is 1. The number of hydrogen-bond donors (Lipinski definition) is 0. The van der Waals surface area contributed by atoms with Crippen molar-refractivity contribution in [2.24, 2.45) is 0 Å². The molecule has 8 nitrogen and oxygen atoms in total. The minimum Gasteiger partial charge on any atom is -0.497 e. The molecule has 4 aromatic rings. The van der Waals surface area contributed by atoms with Crippen molar-refractivity contribution in [3.05, 3.63) is 72.9 Å². The van der Waals surface area contributed by atoms with Crippen LogP contribution in [0.3, 0.4) is 0 Å². The van der Waals surface area contributed by atoms with Crippen molar-refractivity contribution in [2.45, 2.75) is 6.54 Å². The fourth-order valence-corrected chi connectivity index (χ4v) is 4.04. The van der Waals surface area contributed by atoms with Crippen LogP contribution < -0.4 is 9.64 Å². The first-order valence-corrected chi connectivity index (χ1v) is 10.9. The van der Waals surface area contributed by atoms with Gasteiger partial charge in [-0.1, -0.05) is 24.3 Å². The van der Waals surface area contributed by atoms with Gasteiger partial charge in [0.2, 0.25) is 11.8 Å². The number of aromatic nitrogens is 3. The number of anilines is 1. The van der Waals surface area contributed by atoms with E-state index in [1.165, 1.54) is 0 Å². The zero-order valence-electron chi connectivity index (χ0n) is 18.4. The summed E-state index contributed by atoms with van der Waals surface area (Å²) in [5.74, 6) is 1.76. The van der Waals surface area contributed by atoms with E-state index in [1.807, 2.05) is 76.3 Å². The summed E-state index contributed by atoms with van der Waals surface area (Å²) in [6, 6.07) is 21.4. The van der Waals surface area contributed by atoms with Gasteiger partial charge in [0.05, 0.1) is 7.11 Å². The molecule has 2 aromatic carbocycles. The van der Waals surface area contributed by atoms with Gasteiger partial charge in [0.1, 0.15) is 18.0 Å². The molecule has 2 aromatic heterocycles. The topological polar surface area (TPSA) is 76.6 Å². The monoisotopic (exact) mass is 443 g/mol. The predicted molar refractivity (Wildman–Crippen MR) is 125 cm³/mol. The minimum atomic E-state index is 0.0699. The summed E-state index contributed by atoms with van der Waals surface area (Å²) in [5, 5.41) is 8.36. The first kappa shape index (κ1) is 20.8. The molecule has 0 aliphatic carbocycles. The Balaban J connectivity index is 1.23. The molecule has 0 bridgehead atoms. The van der Waals surface area contributed by atoms with Crippen LogP contribution in [0, 0.1) is 0 Å². The van der Waals surface area contributed by atoms with E-state index >= 15 is 0 Å². The molecule has 0 N–H and O–H groups in total. The highest BCUT2D eigenvalue weighted by Gasteiger charge is 2.23. The van der Waals surface area contributed by atoms with Crippen molar-refractivity contribution in [3.63, 3.8) is 0 Å². The summed E-state index contributed by atoms with van der Waals surface area (Å²) in [6.07, 6.45) is 1.87. The Morgan fingerprint density at radius 1 is 0.939 bits per heavy atom. The standard InChI is InChI=1S/C25H25N5O3/c1-32-21-10-5-9-20(17-21)28-13-15-29(16-14-28)23(31)18-30-12-6-11-22(30)25-27-26-24(33-25)19-7-3-2-4-8-19/h2-12,17H,13-16,18H2,1H3. The number of hydrogen-bond acceptors (Lipinski definition) is 6. The minimum absolute atomic E-state index is 0.0699. The third-order valence-electron chi connectivity index (χ3n) is 5.85. The number of nitrogens with zero attached hydrogens (tertiary/aromatic N) is 5. The molecule has 0 saturated carbocycles. The Kier molecular flexibility index (Phi) is 5.80. The number of benzene rings is 2. The molecule has 1 saturated heterocycles. The maximum atomic E-state index is 13.0. The summed E-state index contributed by atoms with van der Waals surface area (Å²) in [7, 11) is 1.67. The molecule has 0 unspecified atom stereocenters. The van der Waals surface area contributed by atoms with Crippen molar-refractivity contribution in [2.75, 3.05) is 38.2 Å². The van der Waals surface area contributed by atoms with Crippen LogP contribution >= 0.6 is 0 Å². The van der Waals surface area contributed by atoms with Gasteiger partial charge in [-0.25, -0.2) is 0 Å². The van der Waals surface area contributed by atoms with Crippen LogP contribution in [0.4, 0.5) is 5.69 Å². The van der Waals surface area contributed by atoms with E-state index in [-0.39, 0.29) is 12.5 Å². The number of methoxy groups -OCH3 is 1. The van der Waals surface area contributed by atoms with E-state index in [1.54, 1.807) is 7.11 Å². The highest BCUT2D eigenvalue weighted by atomic mass is 16.5. The molecule has 1 aliphatic heterocycles. The van der Waals surface area contributed by atoms with E-state index in [2.05, 4.69) is 21.2 Å². The number of carbonyl (C=O) groups excluding carboxylic acids is 1. The summed E-state index contributed by atoms with van der Waals surface area (Å²) in [4.78, 5) is 17.2. The van der Waals surface area contributed by atoms with Gasteiger partial charge in [-0.3, -0.25) is 4.79 Å². The number of rotatable bonds is 6. The van der Waals surface area contributed by atoms with Crippen molar-refractivity contribution in [1.82, 2.24) is 19.7 Å². The highest BCUT2D eigenvalue weighted by molar-refractivity contribution is 5.77. The second-order valence-electron chi connectivity index (χ2n) is 7.87. The lowest BCUT2D eigenvalue weighted by molar-refractivity contribution is -0.132. The second-order valence-corrected chi connectivity index (χ2v) is 7.87. The molecular formula is C25H25N5O3. The van der Waals surface area contributed by atoms with Crippen LogP contribution in [0.2, 0.25) is 0 Å². The van der Waals surface area contributed by atoms with Crippen molar-refractivity contribution < 1.29 is 13.9 Å². The van der Waals surface area contributed by atoms with Crippen LogP contribution in [-0.4, -0.2) is 58.9 Å². The van der Waals surface area contributed by atoms with Gasteiger partial charge in [0, 0.05) is 49.7 Å². The SMILES string of the molecule is COc1cccc(N2CCN(C(=O)Cn3cccc3-c3nnc(-c4ccccc4)o3)CC2)c1. The molecule has 168 valence electrons. The summed E-state index contributed by atoms with van der Waals surface area (Å²) in [6.45, 7) is 3.13. The molecule has 33 heavy (non-hydrogen) atoms. The van der Waals surface area contributed by atoms with Gasteiger partial charge in [-0.2, -0.15) is 0 Å². The first-order valence-electron chi connectivity index (χ1n) is 10.9. The fourth-order valence-electron chi connectivity index (χ4n) is 4.04. The van der Waals surface area contributed by atoms with E-state index in [0.29, 0.717) is 24.9 Å². The molecule has 0 atom stereocenters. The van der Waals surface area contributed by atoms with Gasteiger partial charge in [0.15, 0.2) is 0 Å². The van der Waals surface area contributed by atoms with Crippen molar-refractivity contribution in [3.8, 4) is 28.8 Å². The van der Waals surface area contributed by atoms with Gasteiger partial charge >= 0.3 is 0 Å². The first-order chi connectivity index (χ1) is 16.2. The number of amides is 1. The van der Waals surface area contributed by atoms with E-state index < -0.39 is 0 Å². The molecular weight excluding hydrogens is 418 g/mol. The van der Waals surface area contributed by atoms with Crippen LogP contribution in [0.5, 0.6) is 5.75 Å². The largest absolute Gasteiger partial charge is 0.497 e. The smallest absolute Gasteiger partial charge is 0.264 e. The molecule has 1 fully saturated rings. The molecule has 0 spiro atoms. The van der Waals surface area contributed by atoms with Crippen LogP contribution in [0.25, 0.3) is 23.0 Å². The number of piperazine rings is 1. The third kappa shape index (κ3) is 4.45. The Labute approximate surface area is 192 Å². The van der Waals surface area contributed by atoms with Gasteiger partial charge in [0.25, 0.3) is 5.89 Å². The van der Waals surface area contributed by atoms with Gasteiger partial charge in [-0.15, -0.1) is 10.2 Å². The summed E-state index contributed by atoms with van der Waals surface area (Å²) < 4.78 is 13.1. The quantitative estimate of drug-likeness (QED) is 0.454. The molecule has 1 aliphatic rings. The zero-order valence-corrected chi connectivity index (χ0v) is 18.4. The lowest BCUT2D eigenvalue weighted by Crippen LogP contribution is -2.49. The van der Waals surface area contributed by atoms with Crippen LogP contribution in [0.15, 0.2) is 77.3 Å². The Hall–Kier alpha value is -4.07. The zero-order chi connectivity index (χ0) is 22.6. The molecule has 8 heteroatoms. The highest BCUT2D eigenvalue weighted by Crippen LogP contribution is 2.25. The lowest BCUT2D eigenvalue weighted by atomic mass is 10.2. The Morgan fingerprint density at radius 2 is 1.73 bits per heavy atom. The Morgan fingerprint density at radius 3 is 2.52 bits per heavy atom. The molecule has 3 heterocycles. The maximum Gasteiger partial charge on any atom is 0.264 e. The summed E-state index contributed by atoms with van der Waals surface area (Å²) in [5.41, 5.74) is 2.70. The number of ether oxygens (including phenoxy) is 1. The van der Waals surface area contributed by atoms with Gasteiger partial charge in [-0.05, 0) is 36.4 Å². The van der Waals surface area contributed by atoms with E-state index in [0.717, 1.165) is 35.8 Å². The normalized spacial score (nSPS) is 13.8. The molecule has 1 amide bonds. The lowest BCUT2D eigenvalue weighted by Gasteiger charge is -2.36. The van der Waals surface area contributed by atoms with Crippen molar-refractivity contribution in [1.29, 1.82) is 0 Å². The van der Waals surface area contributed by atoms with Crippen LogP contribution in [-0.2, 0) is 11.3 Å². The van der Waals surface area contributed by atoms with Crippen LogP contribution in [0.1, 0.15) is 0 Å². The van der Waals surface area contributed by atoms with Gasteiger partial charge < -0.3 is 23.5 Å².